The zero-order valence-electron chi connectivity index (χ0n) is 12.1. The molecule has 2 rings (SSSR count). The lowest BCUT2D eigenvalue weighted by Gasteiger charge is -2.12. The Balaban J connectivity index is 2.01. The molecular weight excluding hydrogens is 318 g/mol. The van der Waals surface area contributed by atoms with Crippen LogP contribution >= 0.6 is 15.9 Å². The van der Waals surface area contributed by atoms with Crippen LogP contribution in [0.25, 0.3) is 0 Å². The third-order valence-electron chi connectivity index (χ3n) is 3.02. The highest BCUT2D eigenvalue weighted by molar-refractivity contribution is 9.10. The average molecular weight is 338 g/mol. The summed E-state index contributed by atoms with van der Waals surface area (Å²) in [6, 6.07) is 6.52. The summed E-state index contributed by atoms with van der Waals surface area (Å²) in [5.74, 6) is 0.870. The van der Waals surface area contributed by atoms with Gasteiger partial charge >= 0.3 is 0 Å². The van der Waals surface area contributed by atoms with Crippen LogP contribution in [0.1, 0.15) is 25.1 Å². The van der Waals surface area contributed by atoms with E-state index in [0.29, 0.717) is 12.6 Å². The fraction of sp³-hybridized carbons (Fsp3) is 0.400. The van der Waals surface area contributed by atoms with Crippen molar-refractivity contribution in [3.63, 3.8) is 0 Å². The number of ether oxygens (including phenoxy) is 1. The van der Waals surface area contributed by atoms with Gasteiger partial charge in [-0.3, -0.25) is 0 Å². The SMILES string of the molecule is CC(C)NCc1cc(OCc2cncn2C)ccc1Br. The lowest BCUT2D eigenvalue weighted by Crippen LogP contribution is -2.22. The number of imidazole rings is 1. The summed E-state index contributed by atoms with van der Waals surface area (Å²) < 4.78 is 8.88. The Bertz CT molecular complexity index is 566. The first-order valence-corrected chi connectivity index (χ1v) is 7.45. The van der Waals surface area contributed by atoms with Crippen molar-refractivity contribution in [3.8, 4) is 5.75 Å². The molecule has 1 N–H and O–H groups in total. The fourth-order valence-electron chi connectivity index (χ4n) is 1.77. The number of hydrogen-bond acceptors (Lipinski definition) is 3. The summed E-state index contributed by atoms with van der Waals surface area (Å²) in [5.41, 5.74) is 2.25. The highest BCUT2D eigenvalue weighted by Gasteiger charge is 2.05. The highest BCUT2D eigenvalue weighted by atomic mass is 79.9. The van der Waals surface area contributed by atoms with E-state index in [4.69, 9.17) is 4.74 Å². The topological polar surface area (TPSA) is 39.1 Å². The van der Waals surface area contributed by atoms with Crippen LogP contribution in [0.2, 0.25) is 0 Å². The van der Waals surface area contributed by atoms with Crippen LogP contribution in [0, 0.1) is 0 Å². The molecule has 1 aromatic heterocycles. The molecule has 0 spiro atoms. The van der Waals surface area contributed by atoms with E-state index in [1.165, 1.54) is 5.56 Å². The van der Waals surface area contributed by atoms with E-state index in [9.17, 15) is 0 Å². The van der Waals surface area contributed by atoms with Crippen LogP contribution in [0.5, 0.6) is 5.75 Å². The standard InChI is InChI=1S/C15H20BrN3O/c1-11(2)18-7-12-6-14(4-5-15(12)16)20-9-13-8-17-10-19(13)3/h4-6,8,10-11,18H,7,9H2,1-3H3. The lowest BCUT2D eigenvalue weighted by molar-refractivity contribution is 0.296. The molecule has 1 heterocycles. The predicted molar refractivity (Wildman–Crippen MR) is 83.7 cm³/mol. The van der Waals surface area contributed by atoms with Gasteiger partial charge in [0.15, 0.2) is 0 Å². The van der Waals surface area contributed by atoms with E-state index >= 15 is 0 Å². The summed E-state index contributed by atoms with van der Waals surface area (Å²) in [6.45, 7) is 5.61. The maximum atomic E-state index is 5.82. The van der Waals surface area contributed by atoms with Gasteiger partial charge in [0.25, 0.3) is 0 Å². The number of halogens is 1. The van der Waals surface area contributed by atoms with Crippen molar-refractivity contribution in [1.82, 2.24) is 14.9 Å². The van der Waals surface area contributed by atoms with Gasteiger partial charge in [-0.2, -0.15) is 0 Å². The van der Waals surface area contributed by atoms with E-state index in [0.717, 1.165) is 22.5 Å². The molecule has 0 aliphatic rings. The maximum Gasteiger partial charge on any atom is 0.130 e. The molecule has 0 aliphatic heterocycles. The van der Waals surface area contributed by atoms with Gasteiger partial charge in [-0.15, -0.1) is 0 Å². The van der Waals surface area contributed by atoms with E-state index in [1.54, 1.807) is 6.33 Å². The highest BCUT2D eigenvalue weighted by Crippen LogP contribution is 2.23. The van der Waals surface area contributed by atoms with Gasteiger partial charge in [-0.05, 0) is 23.8 Å². The molecule has 20 heavy (non-hydrogen) atoms. The Morgan fingerprint density at radius 2 is 2.20 bits per heavy atom. The van der Waals surface area contributed by atoms with Crippen molar-refractivity contribution < 1.29 is 4.74 Å². The minimum atomic E-state index is 0.459. The summed E-state index contributed by atoms with van der Waals surface area (Å²) in [7, 11) is 1.96. The van der Waals surface area contributed by atoms with Gasteiger partial charge in [0.1, 0.15) is 12.4 Å². The molecule has 108 valence electrons. The van der Waals surface area contributed by atoms with E-state index in [1.807, 2.05) is 29.9 Å². The van der Waals surface area contributed by atoms with Crippen LogP contribution in [0.4, 0.5) is 0 Å². The van der Waals surface area contributed by atoms with Gasteiger partial charge in [0, 0.05) is 24.1 Å². The number of aryl methyl sites for hydroxylation is 1. The number of hydrogen-bond donors (Lipinski definition) is 1. The number of nitrogens with one attached hydrogen (secondary N) is 1. The number of nitrogens with zero attached hydrogens (tertiary/aromatic N) is 2. The number of rotatable bonds is 6. The molecule has 0 saturated carbocycles. The Hall–Kier alpha value is -1.33. The predicted octanol–water partition coefficient (Wildman–Crippen LogP) is 3.26. The second kappa shape index (κ2) is 6.90. The van der Waals surface area contributed by atoms with E-state index < -0.39 is 0 Å². The largest absolute Gasteiger partial charge is 0.487 e. The first kappa shape index (κ1) is 15.1. The van der Waals surface area contributed by atoms with Crippen LogP contribution in [0.15, 0.2) is 35.2 Å². The zero-order valence-corrected chi connectivity index (χ0v) is 13.6. The molecule has 4 nitrogen and oxygen atoms in total. The van der Waals surface area contributed by atoms with Gasteiger partial charge in [0.05, 0.1) is 18.2 Å². The quantitative estimate of drug-likeness (QED) is 0.879. The molecule has 0 radical (unpaired) electrons. The Labute approximate surface area is 128 Å². The van der Waals surface area contributed by atoms with Crippen molar-refractivity contribution >= 4 is 15.9 Å². The number of aromatic nitrogens is 2. The number of benzene rings is 1. The minimum Gasteiger partial charge on any atom is -0.487 e. The second-order valence-corrected chi connectivity index (χ2v) is 5.93. The Morgan fingerprint density at radius 1 is 1.40 bits per heavy atom. The molecule has 0 aliphatic carbocycles. The van der Waals surface area contributed by atoms with Crippen molar-refractivity contribution in [3.05, 3.63) is 46.5 Å². The molecule has 0 fully saturated rings. The Kier molecular flexibility index (Phi) is 5.20. The molecule has 0 amide bonds. The molecule has 5 heteroatoms. The molecule has 0 unspecified atom stereocenters. The zero-order chi connectivity index (χ0) is 14.5. The van der Waals surface area contributed by atoms with Gasteiger partial charge < -0.3 is 14.6 Å². The summed E-state index contributed by atoms with van der Waals surface area (Å²) in [5, 5.41) is 3.41. The van der Waals surface area contributed by atoms with Gasteiger partial charge in [-0.1, -0.05) is 29.8 Å². The maximum absolute atomic E-state index is 5.82. The van der Waals surface area contributed by atoms with E-state index in [2.05, 4.69) is 46.1 Å². The van der Waals surface area contributed by atoms with Crippen LogP contribution in [0.3, 0.4) is 0 Å². The molecule has 1 aromatic carbocycles. The molecule has 0 saturated heterocycles. The van der Waals surface area contributed by atoms with Crippen LogP contribution < -0.4 is 10.1 Å². The molecule has 0 bridgehead atoms. The molecular formula is C15H20BrN3O. The first-order chi connectivity index (χ1) is 9.56. The van der Waals surface area contributed by atoms with E-state index in [-0.39, 0.29) is 0 Å². The van der Waals surface area contributed by atoms with Crippen LogP contribution in [-0.4, -0.2) is 15.6 Å². The minimum absolute atomic E-state index is 0.459. The third-order valence-corrected chi connectivity index (χ3v) is 3.79. The van der Waals surface area contributed by atoms with Gasteiger partial charge in [0.2, 0.25) is 0 Å². The summed E-state index contributed by atoms with van der Waals surface area (Å²) in [4.78, 5) is 4.08. The van der Waals surface area contributed by atoms with Crippen molar-refractivity contribution in [2.24, 2.45) is 7.05 Å². The normalized spacial score (nSPS) is 11.1. The monoisotopic (exact) mass is 337 g/mol. The third kappa shape index (κ3) is 4.08. The molecule has 2 aromatic rings. The average Bonchev–Trinajstić information content (AvgIpc) is 2.81. The Morgan fingerprint density at radius 3 is 2.85 bits per heavy atom. The fourth-order valence-corrected chi connectivity index (χ4v) is 2.16. The summed E-state index contributed by atoms with van der Waals surface area (Å²) >= 11 is 3.57. The smallest absolute Gasteiger partial charge is 0.130 e. The second-order valence-electron chi connectivity index (χ2n) is 5.07. The summed E-state index contributed by atoms with van der Waals surface area (Å²) in [6.07, 6.45) is 3.60. The first-order valence-electron chi connectivity index (χ1n) is 6.66. The van der Waals surface area contributed by atoms with Crippen molar-refractivity contribution in [2.75, 3.05) is 0 Å². The van der Waals surface area contributed by atoms with Gasteiger partial charge in [-0.25, -0.2) is 4.98 Å². The molecule has 0 atom stereocenters. The van der Waals surface area contributed by atoms with Crippen molar-refractivity contribution in [1.29, 1.82) is 0 Å². The van der Waals surface area contributed by atoms with Crippen LogP contribution in [-0.2, 0) is 20.2 Å². The van der Waals surface area contributed by atoms with Crippen molar-refractivity contribution in [2.45, 2.75) is 33.0 Å². The lowest BCUT2D eigenvalue weighted by atomic mass is 10.2.